The Balaban J connectivity index is 1.32. The Morgan fingerprint density at radius 3 is 2.48 bits per heavy atom. The summed E-state index contributed by atoms with van der Waals surface area (Å²) in [7, 11) is 0. The molecule has 29 heavy (non-hydrogen) atoms. The Bertz CT molecular complexity index is 968. The molecule has 1 heterocycles. The van der Waals surface area contributed by atoms with Crippen LogP contribution in [0.4, 0.5) is 0 Å². The molecule has 0 spiro atoms. The number of rotatable bonds is 6. The number of hydrogen-bond acceptors (Lipinski definition) is 4. The normalized spacial score (nSPS) is 17.1. The number of carbonyl (C=O) groups is 2. The molecule has 1 N–H and O–H groups in total. The van der Waals surface area contributed by atoms with Crippen molar-refractivity contribution in [2.24, 2.45) is 0 Å². The molecule has 0 saturated heterocycles. The van der Waals surface area contributed by atoms with Crippen molar-refractivity contribution in [1.29, 1.82) is 0 Å². The van der Waals surface area contributed by atoms with Gasteiger partial charge in [-0.3, -0.25) is 9.59 Å². The zero-order valence-electron chi connectivity index (χ0n) is 15.8. The van der Waals surface area contributed by atoms with Crippen molar-refractivity contribution in [3.8, 4) is 11.5 Å². The van der Waals surface area contributed by atoms with Crippen LogP contribution >= 0.6 is 11.6 Å². The van der Waals surface area contributed by atoms with Gasteiger partial charge in [-0.2, -0.15) is 0 Å². The third-order valence-electron chi connectivity index (χ3n) is 5.40. The monoisotopic (exact) mass is 412 g/mol. The van der Waals surface area contributed by atoms with Gasteiger partial charge >= 0.3 is 0 Å². The molecule has 2 aliphatic carbocycles. The highest BCUT2D eigenvalue weighted by Crippen LogP contribution is 2.40. The number of fused-ring (bicyclic) bond motifs is 1. The van der Waals surface area contributed by atoms with Crippen LogP contribution in [0.5, 0.6) is 11.5 Å². The molecule has 0 unspecified atom stereocenters. The fourth-order valence-corrected chi connectivity index (χ4v) is 3.73. The summed E-state index contributed by atoms with van der Waals surface area (Å²) < 4.78 is 10.7. The van der Waals surface area contributed by atoms with Crippen molar-refractivity contribution in [2.75, 3.05) is 6.79 Å². The fraction of sp³-hybridized carbons (Fsp3) is 0.364. The predicted molar refractivity (Wildman–Crippen MR) is 107 cm³/mol. The van der Waals surface area contributed by atoms with Crippen LogP contribution in [0.25, 0.3) is 0 Å². The van der Waals surface area contributed by atoms with Crippen molar-refractivity contribution < 1.29 is 19.1 Å². The second-order valence-electron chi connectivity index (χ2n) is 7.80. The maximum absolute atomic E-state index is 13.2. The van der Waals surface area contributed by atoms with Crippen LogP contribution in [0.15, 0.2) is 36.4 Å². The summed E-state index contributed by atoms with van der Waals surface area (Å²) in [4.78, 5) is 27.2. The molecule has 0 atom stereocenters. The van der Waals surface area contributed by atoms with E-state index in [2.05, 4.69) is 5.32 Å². The van der Waals surface area contributed by atoms with E-state index in [4.69, 9.17) is 21.1 Å². The molecule has 150 valence electrons. The van der Waals surface area contributed by atoms with Gasteiger partial charge in [-0.1, -0.05) is 23.7 Å². The standard InChI is InChI=1S/C22H21ClN2O4/c23-18-9-15(10-19-20(18)29-12-28-19)22(27)25(17-7-8-17)11-13-1-3-14(4-2-13)21(26)24-16-5-6-16/h1-4,9-10,16-17H,5-8,11-12H2,(H,24,26). The number of nitrogens with zero attached hydrogens (tertiary/aromatic N) is 1. The Labute approximate surface area is 173 Å². The number of nitrogens with one attached hydrogen (secondary N) is 1. The molecule has 3 aliphatic rings. The molecule has 2 fully saturated rings. The lowest BCUT2D eigenvalue weighted by molar-refractivity contribution is 0.0729. The second-order valence-corrected chi connectivity index (χ2v) is 8.21. The van der Waals surface area contributed by atoms with Crippen molar-refractivity contribution >= 4 is 23.4 Å². The quantitative estimate of drug-likeness (QED) is 0.784. The zero-order chi connectivity index (χ0) is 20.0. The average Bonchev–Trinajstić information content (AvgIpc) is 3.65. The number of ether oxygens (including phenoxy) is 2. The van der Waals surface area contributed by atoms with Crippen molar-refractivity contribution in [3.05, 3.63) is 58.1 Å². The van der Waals surface area contributed by atoms with Crippen LogP contribution in [0.2, 0.25) is 5.02 Å². The summed E-state index contributed by atoms with van der Waals surface area (Å²) in [6.45, 7) is 0.597. The minimum atomic E-state index is -0.0803. The van der Waals surface area contributed by atoms with E-state index in [9.17, 15) is 9.59 Å². The summed E-state index contributed by atoms with van der Waals surface area (Å²) >= 11 is 6.25. The first kappa shape index (κ1) is 18.3. The van der Waals surface area contributed by atoms with E-state index < -0.39 is 0 Å². The van der Waals surface area contributed by atoms with Gasteiger partial charge in [0.1, 0.15) is 0 Å². The Morgan fingerprint density at radius 2 is 1.79 bits per heavy atom. The van der Waals surface area contributed by atoms with E-state index in [1.165, 1.54) is 0 Å². The molecule has 2 saturated carbocycles. The van der Waals surface area contributed by atoms with Crippen LogP contribution in [-0.4, -0.2) is 35.6 Å². The summed E-state index contributed by atoms with van der Waals surface area (Å²) in [5, 5.41) is 3.37. The lowest BCUT2D eigenvalue weighted by Gasteiger charge is -2.23. The lowest BCUT2D eigenvalue weighted by atomic mass is 10.1. The molecular weight excluding hydrogens is 392 g/mol. The minimum Gasteiger partial charge on any atom is -0.454 e. The largest absolute Gasteiger partial charge is 0.454 e. The molecule has 0 radical (unpaired) electrons. The number of benzene rings is 2. The maximum atomic E-state index is 13.2. The highest BCUT2D eigenvalue weighted by molar-refractivity contribution is 6.32. The first-order chi connectivity index (χ1) is 14.1. The van der Waals surface area contributed by atoms with Crippen LogP contribution < -0.4 is 14.8 Å². The fourth-order valence-electron chi connectivity index (χ4n) is 3.46. The first-order valence-corrected chi connectivity index (χ1v) is 10.3. The predicted octanol–water partition coefficient (Wildman–Crippen LogP) is 3.77. The van der Waals surface area contributed by atoms with Crippen LogP contribution in [-0.2, 0) is 6.54 Å². The van der Waals surface area contributed by atoms with E-state index in [0.717, 1.165) is 31.2 Å². The number of halogens is 1. The molecule has 2 amide bonds. The van der Waals surface area contributed by atoms with Gasteiger partial charge in [0.2, 0.25) is 6.79 Å². The van der Waals surface area contributed by atoms with Crippen LogP contribution in [0.1, 0.15) is 52.0 Å². The molecule has 2 aromatic carbocycles. The Kier molecular flexibility index (Phi) is 4.59. The number of amides is 2. The minimum absolute atomic E-state index is 0.0378. The molecule has 2 aromatic rings. The van der Waals surface area contributed by atoms with E-state index in [-0.39, 0.29) is 24.6 Å². The van der Waals surface area contributed by atoms with Gasteiger partial charge in [0.05, 0.1) is 5.02 Å². The van der Waals surface area contributed by atoms with Gasteiger partial charge in [-0.05, 0) is 55.5 Å². The third kappa shape index (κ3) is 3.90. The number of carbonyl (C=O) groups excluding carboxylic acids is 2. The van der Waals surface area contributed by atoms with Crippen molar-refractivity contribution in [2.45, 2.75) is 44.3 Å². The summed E-state index contributed by atoms with van der Waals surface area (Å²) in [6.07, 6.45) is 4.11. The first-order valence-electron chi connectivity index (χ1n) is 9.88. The third-order valence-corrected chi connectivity index (χ3v) is 5.69. The van der Waals surface area contributed by atoms with Crippen molar-refractivity contribution in [1.82, 2.24) is 10.2 Å². The topological polar surface area (TPSA) is 67.9 Å². The SMILES string of the molecule is O=C(NC1CC1)c1ccc(CN(C(=O)c2cc(Cl)c3c(c2)OCO3)C2CC2)cc1. The second kappa shape index (κ2) is 7.26. The van der Waals surface area contributed by atoms with Gasteiger partial charge in [0.15, 0.2) is 11.5 Å². The van der Waals surface area contributed by atoms with E-state index >= 15 is 0 Å². The Morgan fingerprint density at radius 1 is 1.03 bits per heavy atom. The molecule has 6 nitrogen and oxygen atoms in total. The number of hydrogen-bond donors (Lipinski definition) is 1. The van der Waals surface area contributed by atoms with Crippen LogP contribution in [0.3, 0.4) is 0 Å². The van der Waals surface area contributed by atoms with Gasteiger partial charge in [0.25, 0.3) is 11.8 Å². The average molecular weight is 413 g/mol. The summed E-state index contributed by atoms with van der Waals surface area (Å²) in [5.41, 5.74) is 2.12. The Hall–Kier alpha value is -2.73. The smallest absolute Gasteiger partial charge is 0.254 e. The zero-order valence-corrected chi connectivity index (χ0v) is 16.6. The molecule has 1 aliphatic heterocycles. The lowest BCUT2D eigenvalue weighted by Crippen LogP contribution is -2.32. The highest BCUT2D eigenvalue weighted by Gasteiger charge is 2.34. The molecule has 0 bridgehead atoms. The van der Waals surface area contributed by atoms with Gasteiger partial charge < -0.3 is 19.7 Å². The molecule has 5 rings (SSSR count). The van der Waals surface area contributed by atoms with Gasteiger partial charge in [0, 0.05) is 29.8 Å². The molecule has 7 heteroatoms. The maximum Gasteiger partial charge on any atom is 0.254 e. The molecule has 0 aromatic heterocycles. The van der Waals surface area contributed by atoms with Gasteiger partial charge in [-0.15, -0.1) is 0 Å². The van der Waals surface area contributed by atoms with Gasteiger partial charge in [-0.25, -0.2) is 0 Å². The molecular formula is C22H21ClN2O4. The van der Waals surface area contributed by atoms with E-state index in [1.54, 1.807) is 12.1 Å². The van der Waals surface area contributed by atoms with Crippen LogP contribution in [0, 0.1) is 0 Å². The summed E-state index contributed by atoms with van der Waals surface area (Å²) in [6, 6.07) is 11.4. The van der Waals surface area contributed by atoms with Crippen molar-refractivity contribution in [3.63, 3.8) is 0 Å². The highest BCUT2D eigenvalue weighted by atomic mass is 35.5. The van der Waals surface area contributed by atoms with E-state index in [0.29, 0.717) is 40.2 Å². The summed E-state index contributed by atoms with van der Waals surface area (Å²) in [5.74, 6) is 0.872. The van der Waals surface area contributed by atoms with E-state index in [1.807, 2.05) is 29.2 Å².